The fourth-order valence-electron chi connectivity index (χ4n) is 3.65. The van der Waals surface area contributed by atoms with Gasteiger partial charge in [0, 0.05) is 18.4 Å². The summed E-state index contributed by atoms with van der Waals surface area (Å²) in [5, 5.41) is 2.96. The van der Waals surface area contributed by atoms with Crippen LogP contribution in [0.2, 0.25) is 0 Å². The first-order chi connectivity index (χ1) is 13.7. The topological polar surface area (TPSA) is 88.1 Å². The molecule has 2 fully saturated rings. The van der Waals surface area contributed by atoms with Crippen LogP contribution in [0.15, 0.2) is 22.6 Å². The van der Waals surface area contributed by atoms with Crippen molar-refractivity contribution in [3.05, 3.63) is 29.6 Å². The van der Waals surface area contributed by atoms with Crippen LogP contribution in [0.1, 0.15) is 38.2 Å². The van der Waals surface area contributed by atoms with Crippen molar-refractivity contribution >= 4 is 44.6 Å². The Morgan fingerprint density at radius 1 is 1.38 bits per heavy atom. The van der Waals surface area contributed by atoms with Crippen molar-refractivity contribution in [2.45, 2.75) is 38.7 Å². The lowest BCUT2D eigenvalue weighted by atomic mass is 9.93. The van der Waals surface area contributed by atoms with Crippen molar-refractivity contribution in [3.8, 4) is 0 Å². The lowest BCUT2D eigenvalue weighted by Gasteiger charge is -2.25. The van der Waals surface area contributed by atoms with Crippen molar-refractivity contribution < 1.29 is 22.9 Å². The number of amides is 2. The molecule has 0 spiro atoms. The van der Waals surface area contributed by atoms with Gasteiger partial charge in [-0.2, -0.15) is 4.36 Å². The SMILES string of the molecule is CC(=O)N=S1(=O)CCC(c2ccc(N3C[C@H](CNC(C)=S)OC3=O)cc2F)CC1. The molecule has 29 heavy (non-hydrogen) atoms. The van der Waals surface area contributed by atoms with Gasteiger partial charge in [0.2, 0.25) is 0 Å². The molecule has 2 aliphatic rings. The predicted octanol–water partition coefficient (Wildman–Crippen LogP) is 2.98. The Kier molecular flexibility index (Phi) is 6.52. The lowest BCUT2D eigenvalue weighted by molar-refractivity contribution is -0.115. The Morgan fingerprint density at radius 2 is 2.07 bits per heavy atom. The number of nitrogens with one attached hydrogen (secondary N) is 1. The quantitative estimate of drug-likeness (QED) is 0.723. The Balaban J connectivity index is 1.68. The number of carbonyl (C=O) groups is 2. The van der Waals surface area contributed by atoms with Crippen molar-refractivity contribution in [1.82, 2.24) is 5.32 Å². The number of thiocarbonyl (C=S) groups is 1. The zero-order chi connectivity index (χ0) is 21.2. The molecule has 0 radical (unpaired) electrons. The van der Waals surface area contributed by atoms with Crippen LogP contribution in [-0.4, -0.2) is 51.9 Å². The van der Waals surface area contributed by atoms with Gasteiger partial charge in [-0.05, 0) is 43.4 Å². The second-order valence-corrected chi connectivity index (χ2v) is 10.5. The summed E-state index contributed by atoms with van der Waals surface area (Å²) >= 11 is 4.96. The van der Waals surface area contributed by atoms with Gasteiger partial charge in [-0.3, -0.25) is 9.69 Å². The molecule has 2 amide bonds. The van der Waals surface area contributed by atoms with Gasteiger partial charge < -0.3 is 10.1 Å². The molecule has 3 rings (SSSR count). The summed E-state index contributed by atoms with van der Waals surface area (Å²) in [5.41, 5.74) is 0.962. The Hall–Kier alpha value is -2.07. The van der Waals surface area contributed by atoms with Crippen LogP contribution in [0, 0.1) is 5.82 Å². The molecule has 1 N–H and O–H groups in total. The second-order valence-electron chi connectivity index (χ2n) is 7.32. The number of benzene rings is 1. The lowest BCUT2D eigenvalue weighted by Crippen LogP contribution is -2.32. The fraction of sp³-hybridized carbons (Fsp3) is 0.526. The first-order valence-electron chi connectivity index (χ1n) is 9.42. The number of hydrogen-bond donors (Lipinski definition) is 1. The van der Waals surface area contributed by atoms with Gasteiger partial charge in [0.25, 0.3) is 5.91 Å². The number of rotatable bonds is 4. The summed E-state index contributed by atoms with van der Waals surface area (Å²) in [6.07, 6.45) is 0.124. The minimum atomic E-state index is -2.52. The van der Waals surface area contributed by atoms with Crippen LogP contribution >= 0.6 is 12.2 Å². The summed E-state index contributed by atoms with van der Waals surface area (Å²) in [6, 6.07) is 4.71. The van der Waals surface area contributed by atoms with E-state index in [9.17, 15) is 18.2 Å². The third-order valence-electron chi connectivity index (χ3n) is 5.05. The van der Waals surface area contributed by atoms with E-state index in [1.807, 2.05) is 0 Å². The molecule has 2 aliphatic heterocycles. The highest BCUT2D eigenvalue weighted by molar-refractivity contribution is 7.93. The van der Waals surface area contributed by atoms with Gasteiger partial charge >= 0.3 is 6.09 Å². The fourth-order valence-corrected chi connectivity index (χ4v) is 5.89. The van der Waals surface area contributed by atoms with Crippen molar-refractivity contribution in [2.24, 2.45) is 4.36 Å². The third kappa shape index (κ3) is 5.30. The molecule has 0 aromatic heterocycles. The minimum absolute atomic E-state index is 0.0890. The van der Waals surface area contributed by atoms with Gasteiger partial charge in [0.15, 0.2) is 0 Å². The Morgan fingerprint density at radius 3 is 2.66 bits per heavy atom. The maximum absolute atomic E-state index is 14.8. The molecule has 7 nitrogen and oxygen atoms in total. The molecule has 158 valence electrons. The molecular formula is C19H24FN3O4S2. The number of carbonyl (C=O) groups excluding carboxylic acids is 2. The average molecular weight is 442 g/mol. The van der Waals surface area contributed by atoms with Crippen LogP contribution in [0.3, 0.4) is 0 Å². The highest BCUT2D eigenvalue weighted by Gasteiger charge is 2.33. The molecular weight excluding hydrogens is 417 g/mol. The molecule has 10 heteroatoms. The zero-order valence-electron chi connectivity index (χ0n) is 16.4. The monoisotopic (exact) mass is 441 g/mol. The van der Waals surface area contributed by atoms with Crippen molar-refractivity contribution in [1.29, 1.82) is 0 Å². The summed E-state index contributed by atoms with van der Waals surface area (Å²) in [7, 11) is -2.52. The van der Waals surface area contributed by atoms with Gasteiger partial charge in [0.05, 0.1) is 33.5 Å². The Labute approximate surface area is 175 Å². The smallest absolute Gasteiger partial charge is 0.414 e. The number of cyclic esters (lactones) is 1. The molecule has 0 aliphatic carbocycles. The average Bonchev–Trinajstić information content (AvgIpc) is 3.01. The molecule has 1 aromatic rings. The van der Waals surface area contributed by atoms with E-state index in [0.29, 0.717) is 42.2 Å². The number of nitrogens with zero attached hydrogens (tertiary/aromatic N) is 2. The van der Waals surface area contributed by atoms with E-state index in [4.69, 9.17) is 17.0 Å². The molecule has 1 aromatic carbocycles. The van der Waals surface area contributed by atoms with Gasteiger partial charge in [-0.25, -0.2) is 13.4 Å². The van der Waals surface area contributed by atoms with E-state index in [2.05, 4.69) is 9.68 Å². The van der Waals surface area contributed by atoms with E-state index in [-0.39, 0.29) is 23.5 Å². The number of halogens is 1. The van der Waals surface area contributed by atoms with Gasteiger partial charge in [-0.15, -0.1) is 0 Å². The highest BCUT2D eigenvalue weighted by Crippen LogP contribution is 2.34. The first-order valence-corrected chi connectivity index (χ1v) is 11.7. The second kappa shape index (κ2) is 8.74. The normalized spacial score (nSPS) is 26.7. The van der Waals surface area contributed by atoms with Crippen LogP contribution in [0.25, 0.3) is 0 Å². The van der Waals surface area contributed by atoms with Gasteiger partial charge in [-0.1, -0.05) is 18.3 Å². The summed E-state index contributed by atoms with van der Waals surface area (Å²) in [4.78, 5) is 25.3. The molecule has 0 bridgehead atoms. The highest BCUT2D eigenvalue weighted by atomic mass is 32.2. The maximum atomic E-state index is 14.8. The van der Waals surface area contributed by atoms with Crippen molar-refractivity contribution in [3.63, 3.8) is 0 Å². The molecule has 0 saturated carbocycles. The van der Waals surface area contributed by atoms with Crippen LogP contribution in [0.4, 0.5) is 14.9 Å². The van der Waals surface area contributed by atoms with Crippen molar-refractivity contribution in [2.75, 3.05) is 29.5 Å². The van der Waals surface area contributed by atoms with E-state index in [1.165, 1.54) is 17.9 Å². The maximum Gasteiger partial charge on any atom is 0.414 e. The minimum Gasteiger partial charge on any atom is -0.442 e. The van der Waals surface area contributed by atoms with Crippen LogP contribution < -0.4 is 10.2 Å². The van der Waals surface area contributed by atoms with E-state index >= 15 is 0 Å². The number of anilines is 1. The molecule has 1 atom stereocenters. The standard InChI is InChI=1S/C19H24FN3O4S2/c1-12(24)22-29(26)7-5-14(6-8-29)17-4-3-15(9-18(17)20)23-11-16(27-19(23)25)10-21-13(2)28/h3-4,9,14,16H,5-8,10-11H2,1-2H3,(H,21,28)/t14?,16-,29?/m0/s1. The van der Waals surface area contributed by atoms with Crippen LogP contribution in [0.5, 0.6) is 0 Å². The first kappa shape index (κ1) is 21.6. The molecule has 2 heterocycles. The largest absolute Gasteiger partial charge is 0.442 e. The van der Waals surface area contributed by atoms with E-state index < -0.39 is 27.5 Å². The van der Waals surface area contributed by atoms with Gasteiger partial charge in [0.1, 0.15) is 11.9 Å². The third-order valence-corrected chi connectivity index (χ3v) is 7.54. The van der Waals surface area contributed by atoms with Crippen LogP contribution in [-0.2, 0) is 19.3 Å². The Bertz CT molecular complexity index is 945. The molecule has 0 unspecified atom stereocenters. The predicted molar refractivity (Wildman–Crippen MR) is 113 cm³/mol. The summed E-state index contributed by atoms with van der Waals surface area (Å²) in [6.45, 7) is 3.75. The van der Waals surface area contributed by atoms with E-state index in [1.54, 1.807) is 19.1 Å². The number of ether oxygens (including phenoxy) is 1. The molecule has 2 saturated heterocycles. The summed E-state index contributed by atoms with van der Waals surface area (Å²) < 4.78 is 36.4. The summed E-state index contributed by atoms with van der Waals surface area (Å²) in [5.74, 6) is -0.367. The van der Waals surface area contributed by atoms with E-state index in [0.717, 1.165) is 0 Å². The zero-order valence-corrected chi connectivity index (χ0v) is 18.0. The number of hydrogen-bond acceptors (Lipinski definition) is 5.